The van der Waals surface area contributed by atoms with E-state index >= 15 is 0 Å². The van der Waals surface area contributed by atoms with Gasteiger partial charge in [-0.05, 0) is 20.8 Å². The Hall–Kier alpha value is -0.950. The van der Waals surface area contributed by atoms with Crippen molar-refractivity contribution >= 4 is 9.84 Å². The third kappa shape index (κ3) is 2.18. The van der Waals surface area contributed by atoms with Crippen LogP contribution in [0.1, 0.15) is 38.6 Å². The van der Waals surface area contributed by atoms with Crippen molar-refractivity contribution in [3.8, 4) is 0 Å². The minimum Gasteiger partial charge on any atom is -0.385 e. The first-order valence-electron chi connectivity index (χ1n) is 4.38. The summed E-state index contributed by atoms with van der Waals surface area (Å²) in [6.07, 6.45) is 0.219. The maximum Gasteiger partial charge on any atom is 0.247 e. The second kappa shape index (κ2) is 3.57. The van der Waals surface area contributed by atoms with E-state index in [1.807, 2.05) is 0 Å². The molecule has 15 heavy (non-hydrogen) atoms. The van der Waals surface area contributed by atoms with E-state index in [9.17, 15) is 13.5 Å². The van der Waals surface area contributed by atoms with Crippen LogP contribution in [-0.2, 0) is 14.6 Å². The Morgan fingerprint density at radius 2 is 2.00 bits per heavy atom. The van der Waals surface area contributed by atoms with Gasteiger partial charge in [0.15, 0.2) is 15.7 Å². The Morgan fingerprint density at radius 1 is 1.47 bits per heavy atom. The third-order valence-corrected chi connectivity index (χ3v) is 4.29. The van der Waals surface area contributed by atoms with Crippen LogP contribution in [0, 0.1) is 0 Å². The molecule has 1 aromatic heterocycles. The molecule has 0 aliphatic carbocycles. The van der Waals surface area contributed by atoms with Crippen LogP contribution >= 0.6 is 0 Å². The van der Waals surface area contributed by atoms with Gasteiger partial charge in [-0.1, -0.05) is 5.16 Å². The minimum absolute atomic E-state index is 0.0131. The summed E-state index contributed by atoms with van der Waals surface area (Å²) in [5.74, 6) is 0.0719. The molecule has 0 aliphatic heterocycles. The van der Waals surface area contributed by atoms with Gasteiger partial charge >= 0.3 is 0 Å². The molecular weight excluding hydrogens is 220 g/mol. The first-order chi connectivity index (χ1) is 6.66. The number of rotatable bonds is 3. The number of aliphatic hydroxyl groups excluding tert-OH is 1. The molecule has 0 radical (unpaired) electrons. The molecule has 1 atom stereocenters. The summed E-state index contributed by atoms with van der Waals surface area (Å²) in [6, 6.07) is 0. The Bertz CT molecular complexity index is 447. The number of sulfone groups is 1. The van der Waals surface area contributed by atoms with Crippen LogP contribution in [-0.4, -0.2) is 29.9 Å². The van der Waals surface area contributed by atoms with E-state index in [1.54, 1.807) is 0 Å². The Morgan fingerprint density at radius 3 is 2.33 bits per heavy atom. The van der Waals surface area contributed by atoms with Crippen LogP contribution < -0.4 is 0 Å². The topological polar surface area (TPSA) is 93.3 Å². The normalized spacial score (nSPS) is 15.3. The zero-order chi connectivity index (χ0) is 11.9. The monoisotopic (exact) mass is 234 g/mol. The van der Waals surface area contributed by atoms with Gasteiger partial charge in [-0.2, -0.15) is 4.98 Å². The summed E-state index contributed by atoms with van der Waals surface area (Å²) < 4.78 is 26.5. The predicted octanol–water partition coefficient (Wildman–Crippen LogP) is 0.403. The molecule has 1 heterocycles. The molecule has 0 aromatic carbocycles. The predicted molar refractivity (Wildman–Crippen MR) is 52.8 cm³/mol. The quantitative estimate of drug-likeness (QED) is 0.813. The summed E-state index contributed by atoms with van der Waals surface area (Å²) in [4.78, 5) is 3.84. The largest absolute Gasteiger partial charge is 0.385 e. The summed E-state index contributed by atoms with van der Waals surface area (Å²) in [5, 5.41) is 12.7. The molecule has 1 rings (SSSR count). The fourth-order valence-corrected chi connectivity index (χ4v) is 1.21. The SMILES string of the molecule is CC(O)c1noc(C(C)(C)S(C)(=O)=O)n1. The van der Waals surface area contributed by atoms with Crippen molar-refractivity contribution in [2.75, 3.05) is 6.26 Å². The van der Waals surface area contributed by atoms with Crippen molar-refractivity contribution in [1.82, 2.24) is 10.1 Å². The number of aliphatic hydroxyl groups is 1. The van der Waals surface area contributed by atoms with E-state index in [4.69, 9.17) is 4.52 Å². The van der Waals surface area contributed by atoms with E-state index in [0.29, 0.717) is 0 Å². The highest BCUT2D eigenvalue weighted by molar-refractivity contribution is 7.91. The smallest absolute Gasteiger partial charge is 0.247 e. The first-order valence-corrected chi connectivity index (χ1v) is 6.27. The van der Waals surface area contributed by atoms with Crippen LogP contribution in [0.5, 0.6) is 0 Å². The molecule has 0 fully saturated rings. The molecule has 7 heteroatoms. The molecule has 1 aromatic rings. The molecule has 86 valence electrons. The number of hydrogen-bond donors (Lipinski definition) is 1. The van der Waals surface area contributed by atoms with E-state index in [1.165, 1.54) is 20.8 Å². The maximum absolute atomic E-state index is 11.4. The van der Waals surface area contributed by atoms with Gasteiger partial charge in [0.2, 0.25) is 5.89 Å². The number of aromatic nitrogens is 2. The van der Waals surface area contributed by atoms with Gasteiger partial charge in [0.05, 0.1) is 0 Å². The molecule has 0 amide bonds. The lowest BCUT2D eigenvalue weighted by atomic mass is 10.2. The highest BCUT2D eigenvalue weighted by Crippen LogP contribution is 2.27. The zero-order valence-corrected chi connectivity index (χ0v) is 9.87. The second-order valence-electron chi connectivity index (χ2n) is 3.92. The van der Waals surface area contributed by atoms with Gasteiger partial charge in [-0.3, -0.25) is 0 Å². The molecule has 0 spiro atoms. The van der Waals surface area contributed by atoms with Crippen LogP contribution in [0.3, 0.4) is 0 Å². The van der Waals surface area contributed by atoms with Gasteiger partial charge in [-0.25, -0.2) is 8.42 Å². The highest BCUT2D eigenvalue weighted by Gasteiger charge is 2.38. The average Bonchev–Trinajstić information content (AvgIpc) is 2.49. The molecule has 6 nitrogen and oxygen atoms in total. The second-order valence-corrected chi connectivity index (χ2v) is 6.48. The van der Waals surface area contributed by atoms with Gasteiger partial charge in [-0.15, -0.1) is 0 Å². The summed E-state index contributed by atoms with van der Waals surface area (Å²) in [7, 11) is -3.35. The standard InChI is InChI=1S/C8H14N2O4S/c1-5(11)6-9-7(14-10-6)8(2,3)15(4,12)13/h5,11H,1-4H3. The van der Waals surface area contributed by atoms with Crippen molar-refractivity contribution < 1.29 is 18.0 Å². The fourth-order valence-electron chi connectivity index (χ4n) is 0.808. The summed E-state index contributed by atoms with van der Waals surface area (Å²) >= 11 is 0. The Kier molecular flexibility index (Phi) is 2.88. The van der Waals surface area contributed by atoms with Crippen molar-refractivity contribution in [1.29, 1.82) is 0 Å². The third-order valence-electron chi connectivity index (χ3n) is 2.26. The molecule has 0 saturated heterocycles. The van der Waals surface area contributed by atoms with Crippen molar-refractivity contribution in [3.05, 3.63) is 11.7 Å². The van der Waals surface area contributed by atoms with E-state index in [-0.39, 0.29) is 11.7 Å². The zero-order valence-electron chi connectivity index (χ0n) is 9.05. The molecule has 1 unspecified atom stereocenters. The molecule has 1 N–H and O–H groups in total. The average molecular weight is 234 g/mol. The van der Waals surface area contributed by atoms with Crippen LogP contribution in [0.15, 0.2) is 4.52 Å². The number of nitrogens with zero attached hydrogens (tertiary/aromatic N) is 2. The molecule has 0 saturated carbocycles. The van der Waals surface area contributed by atoms with Crippen LogP contribution in [0.25, 0.3) is 0 Å². The lowest BCUT2D eigenvalue weighted by Crippen LogP contribution is -2.28. The fraction of sp³-hybridized carbons (Fsp3) is 0.750. The van der Waals surface area contributed by atoms with Crippen LogP contribution in [0.4, 0.5) is 0 Å². The lowest BCUT2D eigenvalue weighted by Gasteiger charge is -2.16. The van der Waals surface area contributed by atoms with E-state index in [0.717, 1.165) is 6.26 Å². The van der Waals surface area contributed by atoms with E-state index in [2.05, 4.69) is 10.1 Å². The Labute approximate surface area is 88.2 Å². The molecule has 0 bridgehead atoms. The number of hydrogen-bond acceptors (Lipinski definition) is 6. The van der Waals surface area contributed by atoms with Gasteiger partial charge in [0.25, 0.3) is 0 Å². The van der Waals surface area contributed by atoms with Crippen molar-refractivity contribution in [2.24, 2.45) is 0 Å². The van der Waals surface area contributed by atoms with Crippen molar-refractivity contribution in [2.45, 2.75) is 31.6 Å². The summed E-state index contributed by atoms with van der Waals surface area (Å²) in [6.45, 7) is 4.42. The Balaban J connectivity index is 3.17. The lowest BCUT2D eigenvalue weighted by molar-refractivity contribution is 0.184. The molecule has 0 aliphatic rings. The van der Waals surface area contributed by atoms with E-state index < -0.39 is 20.7 Å². The first kappa shape index (κ1) is 12.1. The highest BCUT2D eigenvalue weighted by atomic mass is 32.2. The minimum atomic E-state index is -3.35. The van der Waals surface area contributed by atoms with Gasteiger partial charge < -0.3 is 9.63 Å². The maximum atomic E-state index is 11.4. The van der Waals surface area contributed by atoms with Crippen LogP contribution in [0.2, 0.25) is 0 Å². The van der Waals surface area contributed by atoms with Gasteiger partial charge in [0.1, 0.15) is 10.9 Å². The van der Waals surface area contributed by atoms with Gasteiger partial charge in [0, 0.05) is 6.26 Å². The summed E-state index contributed by atoms with van der Waals surface area (Å²) in [5.41, 5.74) is 0. The van der Waals surface area contributed by atoms with Crippen molar-refractivity contribution in [3.63, 3.8) is 0 Å². The molecular formula is C8H14N2O4S.